The number of aromatic nitrogens is 1. The summed E-state index contributed by atoms with van der Waals surface area (Å²) in [7, 11) is 0. The first kappa shape index (κ1) is 10.7. The maximum Gasteiger partial charge on any atom is 0.131 e. The van der Waals surface area contributed by atoms with Gasteiger partial charge in [-0.15, -0.1) is 0 Å². The van der Waals surface area contributed by atoms with Gasteiger partial charge in [0.15, 0.2) is 0 Å². The summed E-state index contributed by atoms with van der Waals surface area (Å²) in [6.07, 6.45) is 1.81. The molecule has 2 aromatic rings. The zero-order valence-corrected chi connectivity index (χ0v) is 9.78. The average Bonchev–Trinajstić information content (AvgIpc) is 2.17. The van der Waals surface area contributed by atoms with Crippen molar-refractivity contribution in [2.24, 2.45) is 0 Å². The first-order valence-electron chi connectivity index (χ1n) is 5.27. The Bertz CT molecular complexity index is 541. The van der Waals surface area contributed by atoms with Crippen LogP contribution >= 0.6 is 0 Å². The van der Waals surface area contributed by atoms with Gasteiger partial charge in [0.2, 0.25) is 0 Å². The minimum absolute atomic E-state index is 0.00984. The van der Waals surface area contributed by atoms with Crippen LogP contribution < -0.4 is 5.73 Å². The van der Waals surface area contributed by atoms with Crippen molar-refractivity contribution in [2.75, 3.05) is 5.73 Å². The van der Waals surface area contributed by atoms with Crippen LogP contribution in [0.25, 0.3) is 10.8 Å². The molecule has 0 radical (unpaired) electrons. The van der Waals surface area contributed by atoms with E-state index in [2.05, 4.69) is 25.8 Å². The van der Waals surface area contributed by atoms with Crippen molar-refractivity contribution in [1.29, 1.82) is 0 Å². The van der Waals surface area contributed by atoms with Crippen LogP contribution in [-0.2, 0) is 5.41 Å². The predicted octanol–water partition coefficient (Wildman–Crippen LogP) is 2.82. The Balaban J connectivity index is 2.85. The molecule has 84 valence electrons. The van der Waals surface area contributed by atoms with Gasteiger partial charge in [0.1, 0.15) is 11.6 Å². The van der Waals surface area contributed by atoms with E-state index in [4.69, 9.17) is 5.73 Å². The topological polar surface area (TPSA) is 59.1 Å². The van der Waals surface area contributed by atoms with Gasteiger partial charge in [0, 0.05) is 11.6 Å². The van der Waals surface area contributed by atoms with Crippen molar-refractivity contribution in [3.63, 3.8) is 0 Å². The van der Waals surface area contributed by atoms with Crippen molar-refractivity contribution < 1.29 is 5.11 Å². The first-order valence-corrected chi connectivity index (χ1v) is 5.27. The van der Waals surface area contributed by atoms with Crippen LogP contribution in [0.1, 0.15) is 26.3 Å². The fraction of sp³-hybridized carbons (Fsp3) is 0.308. The van der Waals surface area contributed by atoms with Crippen LogP contribution in [0.4, 0.5) is 5.82 Å². The highest BCUT2D eigenvalue weighted by molar-refractivity contribution is 5.94. The molecular weight excluding hydrogens is 200 g/mol. The number of phenols is 1. The lowest BCUT2D eigenvalue weighted by atomic mass is 9.85. The number of nitrogens with two attached hydrogens (primary N) is 1. The molecule has 3 N–H and O–H groups in total. The molecule has 2 rings (SSSR count). The molecule has 0 spiro atoms. The second-order valence-corrected chi connectivity index (χ2v) is 5.04. The molecule has 1 aromatic heterocycles. The van der Waals surface area contributed by atoms with Crippen molar-refractivity contribution in [3.05, 3.63) is 30.0 Å². The number of rotatable bonds is 0. The predicted molar refractivity (Wildman–Crippen MR) is 66.5 cm³/mol. The highest BCUT2D eigenvalue weighted by Gasteiger charge is 2.18. The molecule has 0 fully saturated rings. The molecule has 0 bridgehead atoms. The van der Waals surface area contributed by atoms with Gasteiger partial charge in [-0.1, -0.05) is 26.8 Å². The minimum atomic E-state index is 0.00984. The number of fused-ring (bicyclic) bond motifs is 1. The first-order chi connectivity index (χ1) is 7.39. The van der Waals surface area contributed by atoms with Crippen LogP contribution in [0.5, 0.6) is 5.75 Å². The molecule has 1 aromatic carbocycles. The summed E-state index contributed by atoms with van der Waals surface area (Å²) in [5, 5.41) is 11.3. The maximum absolute atomic E-state index is 9.47. The molecule has 3 heteroatoms. The molecule has 0 saturated carbocycles. The van der Waals surface area contributed by atoms with E-state index < -0.39 is 0 Å². The molecule has 3 nitrogen and oxygen atoms in total. The van der Waals surface area contributed by atoms with Crippen LogP contribution in [-0.4, -0.2) is 10.1 Å². The summed E-state index contributed by atoms with van der Waals surface area (Å²) in [5.41, 5.74) is 6.96. The standard InChI is InChI=1S/C13H16N2O/c1-13(2,3)11-7-15-12(14)10-6-8(16)4-5-9(10)11/h4-7,16H,1-3H3,(H2,14,15). The fourth-order valence-corrected chi connectivity index (χ4v) is 1.85. The van der Waals surface area contributed by atoms with Crippen molar-refractivity contribution in [2.45, 2.75) is 26.2 Å². The molecule has 1 heterocycles. The summed E-state index contributed by atoms with van der Waals surface area (Å²) < 4.78 is 0. The number of aromatic hydroxyl groups is 1. The van der Waals surface area contributed by atoms with E-state index in [0.717, 1.165) is 16.3 Å². The van der Waals surface area contributed by atoms with E-state index in [1.54, 1.807) is 12.1 Å². The van der Waals surface area contributed by atoms with Crippen molar-refractivity contribution in [1.82, 2.24) is 4.98 Å². The van der Waals surface area contributed by atoms with Gasteiger partial charge in [-0.05, 0) is 28.5 Å². The second kappa shape index (κ2) is 3.37. The van der Waals surface area contributed by atoms with E-state index in [1.165, 1.54) is 0 Å². The molecule has 16 heavy (non-hydrogen) atoms. The van der Waals surface area contributed by atoms with Gasteiger partial charge in [-0.3, -0.25) is 0 Å². The zero-order chi connectivity index (χ0) is 11.9. The van der Waals surface area contributed by atoms with Crippen LogP contribution in [0, 0.1) is 0 Å². The van der Waals surface area contributed by atoms with Gasteiger partial charge < -0.3 is 10.8 Å². The van der Waals surface area contributed by atoms with Crippen LogP contribution in [0.2, 0.25) is 0 Å². The van der Waals surface area contributed by atoms with Gasteiger partial charge >= 0.3 is 0 Å². The summed E-state index contributed by atoms with van der Waals surface area (Å²) >= 11 is 0. The van der Waals surface area contributed by atoms with E-state index in [9.17, 15) is 5.11 Å². The van der Waals surface area contributed by atoms with E-state index >= 15 is 0 Å². The van der Waals surface area contributed by atoms with E-state index in [-0.39, 0.29) is 11.2 Å². The average molecular weight is 216 g/mol. The van der Waals surface area contributed by atoms with Gasteiger partial charge in [0.25, 0.3) is 0 Å². The van der Waals surface area contributed by atoms with Crippen molar-refractivity contribution >= 4 is 16.6 Å². The van der Waals surface area contributed by atoms with Crippen molar-refractivity contribution in [3.8, 4) is 5.75 Å². The Labute approximate surface area is 94.9 Å². The number of nitrogen functional groups attached to an aromatic ring is 1. The summed E-state index contributed by atoms with van der Waals surface area (Å²) in [4.78, 5) is 4.18. The Morgan fingerprint density at radius 2 is 1.88 bits per heavy atom. The molecule has 0 aliphatic rings. The van der Waals surface area contributed by atoms with Crippen LogP contribution in [0.15, 0.2) is 24.4 Å². The third kappa shape index (κ3) is 1.69. The van der Waals surface area contributed by atoms with Gasteiger partial charge in [-0.25, -0.2) is 4.98 Å². The number of anilines is 1. The number of hydrogen-bond acceptors (Lipinski definition) is 3. The Morgan fingerprint density at radius 3 is 2.50 bits per heavy atom. The number of pyridine rings is 1. The van der Waals surface area contributed by atoms with E-state index in [1.807, 2.05) is 12.3 Å². The SMILES string of the molecule is CC(C)(C)c1cnc(N)c2cc(O)ccc12. The molecule has 0 saturated heterocycles. The third-order valence-corrected chi connectivity index (χ3v) is 2.71. The largest absolute Gasteiger partial charge is 0.508 e. The minimum Gasteiger partial charge on any atom is -0.508 e. The Hall–Kier alpha value is -1.77. The lowest BCUT2D eigenvalue weighted by Crippen LogP contribution is -2.12. The second-order valence-electron chi connectivity index (χ2n) is 5.04. The molecule has 0 aliphatic heterocycles. The monoisotopic (exact) mass is 216 g/mol. The number of hydrogen-bond donors (Lipinski definition) is 2. The summed E-state index contributed by atoms with van der Waals surface area (Å²) in [6.45, 7) is 6.39. The lowest BCUT2D eigenvalue weighted by molar-refractivity contribution is 0.476. The highest BCUT2D eigenvalue weighted by atomic mass is 16.3. The van der Waals surface area contributed by atoms with Crippen LogP contribution in [0.3, 0.4) is 0 Å². The number of nitrogens with zero attached hydrogens (tertiary/aromatic N) is 1. The lowest BCUT2D eigenvalue weighted by Gasteiger charge is -2.21. The summed E-state index contributed by atoms with van der Waals surface area (Å²) in [6, 6.07) is 5.23. The zero-order valence-electron chi connectivity index (χ0n) is 9.78. The van der Waals surface area contributed by atoms with E-state index in [0.29, 0.717) is 5.82 Å². The molecule has 0 unspecified atom stereocenters. The highest BCUT2D eigenvalue weighted by Crippen LogP contribution is 2.33. The molecule has 0 atom stereocenters. The quantitative estimate of drug-likeness (QED) is 0.712. The Kier molecular flexibility index (Phi) is 2.26. The third-order valence-electron chi connectivity index (χ3n) is 2.71. The fourth-order valence-electron chi connectivity index (χ4n) is 1.85. The molecular formula is C13H16N2O. The van der Waals surface area contributed by atoms with Gasteiger partial charge in [-0.2, -0.15) is 0 Å². The molecule has 0 amide bonds. The van der Waals surface area contributed by atoms with Gasteiger partial charge in [0.05, 0.1) is 0 Å². The number of phenolic OH excluding ortho intramolecular Hbond substituents is 1. The molecule has 0 aliphatic carbocycles. The smallest absolute Gasteiger partial charge is 0.131 e. The summed E-state index contributed by atoms with van der Waals surface area (Å²) in [5.74, 6) is 0.672. The maximum atomic E-state index is 9.47. The Morgan fingerprint density at radius 1 is 1.19 bits per heavy atom. The number of benzene rings is 1. The normalized spacial score (nSPS) is 11.9.